The molecule has 0 N–H and O–H groups in total. The van der Waals surface area contributed by atoms with Gasteiger partial charge in [0.15, 0.2) is 0 Å². The first-order valence-corrected chi connectivity index (χ1v) is 4.83. The fourth-order valence-electron chi connectivity index (χ4n) is 1.40. The minimum Gasteiger partial charge on any atom is -0.462 e. The zero-order valence-corrected chi connectivity index (χ0v) is 9.66. The van der Waals surface area contributed by atoms with Crippen molar-refractivity contribution in [2.75, 3.05) is 6.61 Å². The first-order valence-electron chi connectivity index (χ1n) is 4.83. The van der Waals surface area contributed by atoms with E-state index in [9.17, 15) is 4.79 Å². The van der Waals surface area contributed by atoms with Crippen LogP contribution >= 0.6 is 12.4 Å². The molecular formula is C12H12ClNO2. The van der Waals surface area contributed by atoms with Gasteiger partial charge in [-0.15, -0.1) is 12.4 Å². The molecule has 2 rings (SSSR count). The second-order valence-corrected chi connectivity index (χ2v) is 3.14. The highest BCUT2D eigenvalue weighted by atomic mass is 35.5. The van der Waals surface area contributed by atoms with Crippen LogP contribution in [0.4, 0.5) is 0 Å². The summed E-state index contributed by atoms with van der Waals surface area (Å²) in [5, 5.41) is 0.947. The molecule has 4 heteroatoms. The molecule has 0 aliphatic carbocycles. The Labute approximate surface area is 99.9 Å². The molecule has 0 aliphatic heterocycles. The second kappa shape index (κ2) is 5.47. The molecule has 1 heterocycles. The molecule has 0 fully saturated rings. The molecule has 0 spiro atoms. The number of hydrogen-bond acceptors (Lipinski definition) is 3. The smallest absolute Gasteiger partial charge is 0.339 e. The molecule has 0 unspecified atom stereocenters. The maximum absolute atomic E-state index is 11.4. The zero-order valence-electron chi connectivity index (χ0n) is 8.84. The van der Waals surface area contributed by atoms with Gasteiger partial charge in [0.25, 0.3) is 0 Å². The van der Waals surface area contributed by atoms with Gasteiger partial charge in [-0.3, -0.25) is 4.98 Å². The van der Waals surface area contributed by atoms with Gasteiger partial charge in [0.05, 0.1) is 17.7 Å². The minimum atomic E-state index is -0.323. The summed E-state index contributed by atoms with van der Waals surface area (Å²) < 4.78 is 4.90. The highest BCUT2D eigenvalue weighted by Gasteiger charge is 2.06. The zero-order chi connectivity index (χ0) is 10.7. The number of carbonyl (C=O) groups excluding carboxylic acids is 1. The standard InChI is InChI=1S/C12H11NO2.ClH/c1-2-15-12(14)10-7-9-5-3-4-6-11(9)13-8-10;/h3-8H,2H2,1H3;1H. The molecule has 2 aromatic rings. The van der Waals surface area contributed by atoms with Crippen molar-refractivity contribution >= 4 is 29.3 Å². The van der Waals surface area contributed by atoms with Crippen molar-refractivity contribution in [2.45, 2.75) is 6.92 Å². The Morgan fingerprint density at radius 1 is 1.38 bits per heavy atom. The first-order chi connectivity index (χ1) is 7.31. The summed E-state index contributed by atoms with van der Waals surface area (Å²) in [7, 11) is 0. The third-order valence-electron chi connectivity index (χ3n) is 2.10. The molecule has 0 atom stereocenters. The van der Waals surface area contributed by atoms with Crippen LogP contribution in [0.5, 0.6) is 0 Å². The van der Waals surface area contributed by atoms with Crippen LogP contribution in [0, 0.1) is 0 Å². The summed E-state index contributed by atoms with van der Waals surface area (Å²) in [6.45, 7) is 2.16. The summed E-state index contributed by atoms with van der Waals surface area (Å²) in [6, 6.07) is 9.45. The Morgan fingerprint density at radius 2 is 2.12 bits per heavy atom. The van der Waals surface area contributed by atoms with Gasteiger partial charge in [-0.25, -0.2) is 4.79 Å². The lowest BCUT2D eigenvalue weighted by Gasteiger charge is -2.02. The Morgan fingerprint density at radius 3 is 2.88 bits per heavy atom. The van der Waals surface area contributed by atoms with Crippen molar-refractivity contribution in [3.05, 3.63) is 42.1 Å². The van der Waals surface area contributed by atoms with Gasteiger partial charge in [-0.05, 0) is 19.1 Å². The highest BCUT2D eigenvalue weighted by molar-refractivity contribution is 5.93. The van der Waals surface area contributed by atoms with E-state index in [1.807, 2.05) is 24.3 Å². The van der Waals surface area contributed by atoms with Crippen LogP contribution in [-0.4, -0.2) is 17.6 Å². The van der Waals surface area contributed by atoms with Crippen LogP contribution in [0.1, 0.15) is 17.3 Å². The molecule has 0 amide bonds. The quantitative estimate of drug-likeness (QED) is 0.754. The highest BCUT2D eigenvalue weighted by Crippen LogP contribution is 2.13. The van der Waals surface area contributed by atoms with E-state index in [4.69, 9.17) is 4.74 Å². The molecule has 0 bridgehead atoms. The molecule has 0 radical (unpaired) electrons. The predicted octanol–water partition coefficient (Wildman–Crippen LogP) is 2.83. The van der Waals surface area contributed by atoms with E-state index in [1.54, 1.807) is 19.2 Å². The summed E-state index contributed by atoms with van der Waals surface area (Å²) in [6.07, 6.45) is 1.54. The van der Waals surface area contributed by atoms with Crippen molar-refractivity contribution in [3.8, 4) is 0 Å². The van der Waals surface area contributed by atoms with Crippen LogP contribution in [0.15, 0.2) is 36.5 Å². The van der Waals surface area contributed by atoms with Crippen LogP contribution in [0.2, 0.25) is 0 Å². The topological polar surface area (TPSA) is 39.2 Å². The minimum absolute atomic E-state index is 0. The average Bonchev–Trinajstić information content (AvgIpc) is 2.29. The van der Waals surface area contributed by atoms with Crippen molar-refractivity contribution in [1.82, 2.24) is 4.98 Å². The van der Waals surface area contributed by atoms with Gasteiger partial charge in [-0.1, -0.05) is 18.2 Å². The lowest BCUT2D eigenvalue weighted by atomic mass is 10.1. The molecule has 1 aromatic carbocycles. The van der Waals surface area contributed by atoms with Gasteiger partial charge in [-0.2, -0.15) is 0 Å². The maximum atomic E-state index is 11.4. The number of para-hydroxylation sites is 1. The van der Waals surface area contributed by atoms with Crippen molar-refractivity contribution in [2.24, 2.45) is 0 Å². The Hall–Kier alpha value is -1.61. The number of aromatic nitrogens is 1. The van der Waals surface area contributed by atoms with E-state index >= 15 is 0 Å². The van der Waals surface area contributed by atoms with Gasteiger partial charge < -0.3 is 4.74 Å². The molecule has 3 nitrogen and oxygen atoms in total. The number of halogens is 1. The first kappa shape index (κ1) is 12.5. The van der Waals surface area contributed by atoms with E-state index in [0.29, 0.717) is 12.2 Å². The number of pyridine rings is 1. The van der Waals surface area contributed by atoms with E-state index in [2.05, 4.69) is 4.98 Å². The fraction of sp³-hybridized carbons (Fsp3) is 0.167. The van der Waals surface area contributed by atoms with Gasteiger partial charge >= 0.3 is 5.97 Å². The van der Waals surface area contributed by atoms with Gasteiger partial charge in [0.2, 0.25) is 0 Å². The Bertz CT molecular complexity index is 499. The van der Waals surface area contributed by atoms with Crippen molar-refractivity contribution in [1.29, 1.82) is 0 Å². The van der Waals surface area contributed by atoms with Crippen LogP contribution in [-0.2, 0) is 4.74 Å². The molecule has 84 valence electrons. The van der Waals surface area contributed by atoms with Crippen molar-refractivity contribution in [3.63, 3.8) is 0 Å². The monoisotopic (exact) mass is 237 g/mol. The molecule has 0 saturated heterocycles. The third kappa shape index (κ3) is 2.49. The third-order valence-corrected chi connectivity index (χ3v) is 2.10. The summed E-state index contributed by atoms with van der Waals surface area (Å²) in [5.41, 5.74) is 1.38. The van der Waals surface area contributed by atoms with E-state index in [1.165, 1.54) is 0 Å². The normalized spacial score (nSPS) is 9.56. The molecule has 1 aromatic heterocycles. The number of benzene rings is 1. The summed E-state index contributed by atoms with van der Waals surface area (Å²) >= 11 is 0. The van der Waals surface area contributed by atoms with Gasteiger partial charge in [0.1, 0.15) is 0 Å². The van der Waals surface area contributed by atoms with E-state index in [-0.39, 0.29) is 18.4 Å². The van der Waals surface area contributed by atoms with E-state index in [0.717, 1.165) is 10.9 Å². The summed E-state index contributed by atoms with van der Waals surface area (Å²) in [4.78, 5) is 15.6. The maximum Gasteiger partial charge on any atom is 0.339 e. The van der Waals surface area contributed by atoms with Crippen molar-refractivity contribution < 1.29 is 9.53 Å². The number of ether oxygens (including phenoxy) is 1. The van der Waals surface area contributed by atoms with Gasteiger partial charge in [0, 0.05) is 11.6 Å². The predicted molar refractivity (Wildman–Crippen MR) is 64.9 cm³/mol. The number of rotatable bonds is 2. The fourth-order valence-corrected chi connectivity index (χ4v) is 1.40. The van der Waals surface area contributed by atoms with Crippen LogP contribution < -0.4 is 0 Å². The SMILES string of the molecule is CCOC(=O)c1cnc2ccccc2c1.Cl. The van der Waals surface area contributed by atoms with Crippen LogP contribution in [0.25, 0.3) is 10.9 Å². The van der Waals surface area contributed by atoms with Crippen LogP contribution in [0.3, 0.4) is 0 Å². The molecule has 16 heavy (non-hydrogen) atoms. The average molecular weight is 238 g/mol. The largest absolute Gasteiger partial charge is 0.462 e. The molecule has 0 aliphatic rings. The van der Waals surface area contributed by atoms with E-state index < -0.39 is 0 Å². The lowest BCUT2D eigenvalue weighted by molar-refractivity contribution is 0.0526. The number of fused-ring (bicyclic) bond motifs is 1. The second-order valence-electron chi connectivity index (χ2n) is 3.14. The Kier molecular flexibility index (Phi) is 4.26. The molecule has 0 saturated carbocycles. The number of hydrogen-bond donors (Lipinski definition) is 0. The number of esters is 1. The Balaban J connectivity index is 0.00000128. The number of nitrogens with zero attached hydrogens (tertiary/aromatic N) is 1. The lowest BCUT2D eigenvalue weighted by Crippen LogP contribution is -2.04. The summed E-state index contributed by atoms with van der Waals surface area (Å²) in [5.74, 6) is -0.323. The number of carbonyl (C=O) groups is 1. The molecular weight excluding hydrogens is 226 g/mol.